The summed E-state index contributed by atoms with van der Waals surface area (Å²) >= 11 is 0. The Labute approximate surface area is 109 Å². The maximum absolute atomic E-state index is 5.73. The average Bonchev–Trinajstić information content (AvgIpc) is 2.33. The van der Waals surface area contributed by atoms with Crippen LogP contribution in [0.4, 0.5) is 0 Å². The number of hydrogen-bond acceptors (Lipinski definition) is 3. The van der Waals surface area contributed by atoms with E-state index >= 15 is 0 Å². The van der Waals surface area contributed by atoms with Gasteiger partial charge in [0.05, 0.1) is 31.4 Å². The topological polar surface area (TPSA) is 44.5 Å². The van der Waals surface area contributed by atoms with Crippen LogP contribution in [0.15, 0.2) is 18.2 Å². The van der Waals surface area contributed by atoms with E-state index in [1.54, 1.807) is 7.11 Å². The molecule has 1 aromatic carbocycles. The number of ether oxygens (including phenoxy) is 2. The van der Waals surface area contributed by atoms with Crippen molar-refractivity contribution in [2.75, 3.05) is 13.7 Å². The summed E-state index contributed by atoms with van der Waals surface area (Å²) in [6, 6.07) is 5.87. The molecule has 1 rings (SSSR count). The first kappa shape index (κ1) is 14.6. The molecule has 0 aromatic heterocycles. The van der Waals surface area contributed by atoms with Gasteiger partial charge in [0.1, 0.15) is 5.75 Å². The van der Waals surface area contributed by atoms with Gasteiger partial charge in [-0.1, -0.05) is 17.9 Å². The van der Waals surface area contributed by atoms with E-state index in [2.05, 4.69) is 11.8 Å². The van der Waals surface area contributed by atoms with Crippen LogP contribution in [0.3, 0.4) is 0 Å². The van der Waals surface area contributed by atoms with E-state index < -0.39 is 0 Å². The van der Waals surface area contributed by atoms with Gasteiger partial charge in [-0.25, -0.2) is 0 Å². The number of hydrogen-bond donors (Lipinski definition) is 1. The van der Waals surface area contributed by atoms with E-state index in [4.69, 9.17) is 15.2 Å². The zero-order valence-corrected chi connectivity index (χ0v) is 11.5. The van der Waals surface area contributed by atoms with E-state index in [1.165, 1.54) is 0 Å². The van der Waals surface area contributed by atoms with Gasteiger partial charge < -0.3 is 15.2 Å². The third-order valence-corrected chi connectivity index (χ3v) is 2.26. The molecule has 0 heterocycles. The van der Waals surface area contributed by atoms with Crippen molar-refractivity contribution < 1.29 is 9.47 Å². The summed E-state index contributed by atoms with van der Waals surface area (Å²) in [5.74, 6) is 6.60. The fourth-order valence-corrected chi connectivity index (χ4v) is 1.39. The summed E-state index contributed by atoms with van der Waals surface area (Å²) in [4.78, 5) is 0. The highest BCUT2D eigenvalue weighted by molar-refractivity contribution is 5.48. The van der Waals surface area contributed by atoms with Gasteiger partial charge in [0.2, 0.25) is 0 Å². The quantitative estimate of drug-likeness (QED) is 0.834. The Morgan fingerprint density at radius 1 is 1.28 bits per heavy atom. The van der Waals surface area contributed by atoms with Crippen LogP contribution in [-0.4, -0.2) is 19.3 Å². The van der Waals surface area contributed by atoms with Gasteiger partial charge in [-0.2, -0.15) is 0 Å². The molecule has 0 aliphatic heterocycles. The molecule has 0 aliphatic rings. The van der Waals surface area contributed by atoms with E-state index in [1.807, 2.05) is 39.0 Å². The predicted octanol–water partition coefficient (Wildman–Crippen LogP) is 2.32. The monoisotopic (exact) mass is 247 g/mol. The lowest BCUT2D eigenvalue weighted by Crippen LogP contribution is -2.18. The van der Waals surface area contributed by atoms with Gasteiger partial charge in [-0.15, -0.1) is 0 Å². The standard InChI is InChI=1S/C15H21NO2/c1-15(2,3)18-11-12-7-8-14(17-4)13(10-12)6-5-9-16/h7-8,10H,9,11,16H2,1-4H3. The predicted molar refractivity (Wildman–Crippen MR) is 73.5 cm³/mol. The normalized spacial score (nSPS) is 10.7. The summed E-state index contributed by atoms with van der Waals surface area (Å²) in [7, 11) is 1.63. The lowest BCUT2D eigenvalue weighted by molar-refractivity contribution is -0.0149. The molecule has 98 valence electrons. The maximum atomic E-state index is 5.73. The smallest absolute Gasteiger partial charge is 0.134 e. The highest BCUT2D eigenvalue weighted by Gasteiger charge is 2.10. The molecule has 0 saturated carbocycles. The largest absolute Gasteiger partial charge is 0.495 e. The summed E-state index contributed by atoms with van der Waals surface area (Å²) in [5.41, 5.74) is 7.15. The first-order valence-electron chi connectivity index (χ1n) is 5.96. The van der Waals surface area contributed by atoms with Crippen molar-refractivity contribution in [2.45, 2.75) is 33.0 Å². The third-order valence-electron chi connectivity index (χ3n) is 2.26. The van der Waals surface area contributed by atoms with E-state index in [9.17, 15) is 0 Å². The van der Waals surface area contributed by atoms with Crippen LogP contribution < -0.4 is 10.5 Å². The molecule has 0 spiro atoms. The van der Waals surface area contributed by atoms with Crippen molar-refractivity contribution in [2.24, 2.45) is 5.73 Å². The van der Waals surface area contributed by atoms with Gasteiger partial charge in [0, 0.05) is 0 Å². The zero-order valence-electron chi connectivity index (χ0n) is 11.5. The Balaban J connectivity index is 2.89. The van der Waals surface area contributed by atoms with Gasteiger partial charge in [0.15, 0.2) is 0 Å². The third kappa shape index (κ3) is 4.79. The SMILES string of the molecule is COc1ccc(COC(C)(C)C)cc1C#CCN. The van der Waals surface area contributed by atoms with Gasteiger partial charge in [-0.05, 0) is 38.5 Å². The molecule has 18 heavy (non-hydrogen) atoms. The van der Waals surface area contributed by atoms with Crippen molar-refractivity contribution >= 4 is 0 Å². The second-order valence-corrected chi connectivity index (χ2v) is 4.94. The lowest BCUT2D eigenvalue weighted by atomic mass is 10.1. The van der Waals surface area contributed by atoms with Crippen LogP contribution in [-0.2, 0) is 11.3 Å². The fraction of sp³-hybridized carbons (Fsp3) is 0.467. The summed E-state index contributed by atoms with van der Waals surface area (Å²) in [5, 5.41) is 0. The molecule has 2 N–H and O–H groups in total. The number of benzene rings is 1. The molecule has 0 saturated heterocycles. The molecule has 0 radical (unpaired) electrons. The van der Waals surface area contributed by atoms with E-state index in [-0.39, 0.29) is 5.60 Å². The van der Waals surface area contributed by atoms with Crippen molar-refractivity contribution in [1.82, 2.24) is 0 Å². The Morgan fingerprint density at radius 3 is 2.56 bits per heavy atom. The van der Waals surface area contributed by atoms with Crippen LogP contribution in [0, 0.1) is 11.8 Å². The second kappa shape index (κ2) is 6.44. The maximum Gasteiger partial charge on any atom is 0.134 e. The Kier molecular flexibility index (Phi) is 5.21. The summed E-state index contributed by atoms with van der Waals surface area (Å²) in [6.45, 7) is 7.00. The fourth-order valence-electron chi connectivity index (χ4n) is 1.39. The molecule has 0 amide bonds. The van der Waals surface area contributed by atoms with E-state index in [0.717, 1.165) is 16.9 Å². The molecular formula is C15H21NO2. The zero-order chi connectivity index (χ0) is 13.6. The minimum atomic E-state index is -0.150. The molecule has 3 nitrogen and oxygen atoms in total. The number of methoxy groups -OCH3 is 1. The van der Waals surface area contributed by atoms with E-state index in [0.29, 0.717) is 13.2 Å². The number of rotatable bonds is 3. The summed E-state index contributed by atoms with van der Waals surface area (Å²) in [6.07, 6.45) is 0. The first-order chi connectivity index (χ1) is 8.46. The highest BCUT2D eigenvalue weighted by Crippen LogP contribution is 2.20. The minimum absolute atomic E-state index is 0.150. The molecule has 0 fully saturated rings. The van der Waals surface area contributed by atoms with Crippen LogP contribution in [0.25, 0.3) is 0 Å². The average molecular weight is 247 g/mol. The minimum Gasteiger partial charge on any atom is -0.495 e. The van der Waals surface area contributed by atoms with Gasteiger partial charge in [0.25, 0.3) is 0 Å². The van der Waals surface area contributed by atoms with Crippen LogP contribution in [0.1, 0.15) is 31.9 Å². The first-order valence-corrected chi connectivity index (χ1v) is 5.96. The Hall–Kier alpha value is -1.50. The molecule has 0 atom stereocenters. The number of nitrogens with two attached hydrogens (primary N) is 1. The van der Waals surface area contributed by atoms with Gasteiger partial charge in [-0.3, -0.25) is 0 Å². The highest BCUT2D eigenvalue weighted by atomic mass is 16.5. The molecule has 3 heteroatoms. The van der Waals surface area contributed by atoms with Crippen molar-refractivity contribution in [1.29, 1.82) is 0 Å². The Morgan fingerprint density at radius 2 is 2.00 bits per heavy atom. The van der Waals surface area contributed by atoms with Gasteiger partial charge >= 0.3 is 0 Å². The molecule has 0 bridgehead atoms. The van der Waals surface area contributed by atoms with Crippen molar-refractivity contribution in [3.63, 3.8) is 0 Å². The van der Waals surface area contributed by atoms with Crippen molar-refractivity contribution in [3.05, 3.63) is 29.3 Å². The Bertz CT molecular complexity index is 450. The lowest BCUT2D eigenvalue weighted by Gasteiger charge is -2.19. The molecule has 1 aromatic rings. The second-order valence-electron chi connectivity index (χ2n) is 4.94. The van der Waals surface area contributed by atoms with Crippen molar-refractivity contribution in [3.8, 4) is 17.6 Å². The molecular weight excluding hydrogens is 226 g/mol. The summed E-state index contributed by atoms with van der Waals surface area (Å²) < 4.78 is 11.0. The van der Waals surface area contributed by atoms with Crippen LogP contribution in [0.5, 0.6) is 5.75 Å². The van der Waals surface area contributed by atoms with Crippen LogP contribution >= 0.6 is 0 Å². The van der Waals surface area contributed by atoms with Crippen LogP contribution in [0.2, 0.25) is 0 Å². The molecule has 0 aliphatic carbocycles. The molecule has 0 unspecified atom stereocenters.